The molecule has 1 fully saturated rings. The van der Waals surface area contributed by atoms with E-state index >= 15 is 0 Å². The molecule has 3 aromatic rings. The lowest BCUT2D eigenvalue weighted by Crippen LogP contribution is -2.51. The van der Waals surface area contributed by atoms with Gasteiger partial charge in [-0.2, -0.15) is 0 Å². The molecule has 8 heteroatoms. The molecule has 0 atom stereocenters. The number of piperazine rings is 1. The number of thiazole rings is 1. The van der Waals surface area contributed by atoms with Crippen molar-refractivity contribution >= 4 is 23.2 Å². The number of hydrogen-bond acceptors (Lipinski definition) is 6. The van der Waals surface area contributed by atoms with Gasteiger partial charge in [0.15, 0.2) is 5.96 Å². The van der Waals surface area contributed by atoms with Crippen LogP contribution in [0.3, 0.4) is 0 Å². The van der Waals surface area contributed by atoms with E-state index in [0.717, 1.165) is 53.3 Å². The molecule has 1 aromatic carbocycles. The van der Waals surface area contributed by atoms with Crippen LogP contribution in [0.15, 0.2) is 53.8 Å². The van der Waals surface area contributed by atoms with Crippen molar-refractivity contribution in [2.24, 2.45) is 10.7 Å². The Labute approximate surface area is 168 Å². The maximum absolute atomic E-state index is 6.26. The molecule has 0 radical (unpaired) electrons. The second kappa shape index (κ2) is 8.35. The van der Waals surface area contributed by atoms with Crippen molar-refractivity contribution in [1.29, 1.82) is 0 Å². The summed E-state index contributed by atoms with van der Waals surface area (Å²) in [7, 11) is 0. The molecule has 1 saturated heterocycles. The molecule has 0 aliphatic carbocycles. The first-order valence-electron chi connectivity index (χ1n) is 9.29. The zero-order chi connectivity index (χ0) is 19.3. The maximum Gasteiger partial charge on any atom is 0.225 e. The van der Waals surface area contributed by atoms with Crippen LogP contribution >= 0.6 is 11.3 Å². The van der Waals surface area contributed by atoms with Gasteiger partial charge in [0.25, 0.3) is 0 Å². The molecule has 1 aliphatic rings. The highest BCUT2D eigenvalue weighted by Crippen LogP contribution is 2.28. The highest BCUT2D eigenvalue weighted by atomic mass is 32.1. The summed E-state index contributed by atoms with van der Waals surface area (Å²) in [5, 5.41) is 1.03. The fourth-order valence-electron chi connectivity index (χ4n) is 3.12. The van der Waals surface area contributed by atoms with E-state index in [9.17, 15) is 0 Å². The van der Waals surface area contributed by atoms with Gasteiger partial charge >= 0.3 is 0 Å². The van der Waals surface area contributed by atoms with E-state index in [1.807, 2.05) is 31.2 Å². The lowest BCUT2D eigenvalue weighted by atomic mass is 10.2. The van der Waals surface area contributed by atoms with Gasteiger partial charge in [0.2, 0.25) is 5.95 Å². The first kappa shape index (κ1) is 18.4. The van der Waals surface area contributed by atoms with Crippen LogP contribution in [0.4, 0.5) is 5.95 Å². The van der Waals surface area contributed by atoms with Gasteiger partial charge in [-0.05, 0) is 13.0 Å². The minimum absolute atomic E-state index is 0.560. The first-order valence-corrected chi connectivity index (χ1v) is 10.1. The standard InChI is InChI=1S/C20H23N7S/c1-15-17(28-18(25-15)16-6-3-2-4-7-16)14-24-19(21)26-10-12-27(13-11-26)20-22-8-5-9-23-20/h2-9H,10-14H2,1H3,(H2,21,24). The van der Waals surface area contributed by atoms with Crippen LogP contribution in [0.25, 0.3) is 10.6 Å². The monoisotopic (exact) mass is 393 g/mol. The van der Waals surface area contributed by atoms with Crippen molar-refractivity contribution in [1.82, 2.24) is 19.9 Å². The summed E-state index contributed by atoms with van der Waals surface area (Å²) in [6.45, 7) is 5.87. The van der Waals surface area contributed by atoms with Crippen molar-refractivity contribution in [3.8, 4) is 10.6 Å². The molecule has 0 bridgehead atoms. The summed E-state index contributed by atoms with van der Waals surface area (Å²) in [5.74, 6) is 1.36. The van der Waals surface area contributed by atoms with E-state index in [2.05, 4.69) is 41.9 Å². The molecule has 2 aromatic heterocycles. The fraction of sp³-hybridized carbons (Fsp3) is 0.300. The molecule has 0 unspecified atom stereocenters. The van der Waals surface area contributed by atoms with Crippen molar-refractivity contribution in [3.05, 3.63) is 59.4 Å². The SMILES string of the molecule is Cc1nc(-c2ccccc2)sc1CN=C(N)N1CCN(c2ncccn2)CC1. The second-order valence-corrected chi connectivity index (χ2v) is 7.67. The Hall–Kier alpha value is -3.00. The Morgan fingerprint density at radius 1 is 1.07 bits per heavy atom. The fourth-order valence-corrected chi connectivity index (χ4v) is 4.11. The molecule has 0 saturated carbocycles. The average molecular weight is 394 g/mol. The number of anilines is 1. The summed E-state index contributed by atoms with van der Waals surface area (Å²) in [4.78, 5) is 23.4. The first-order chi connectivity index (χ1) is 13.7. The molecule has 144 valence electrons. The number of aryl methyl sites for hydroxylation is 1. The van der Waals surface area contributed by atoms with E-state index in [0.29, 0.717) is 12.5 Å². The average Bonchev–Trinajstić information content (AvgIpc) is 3.14. The van der Waals surface area contributed by atoms with E-state index in [1.54, 1.807) is 23.7 Å². The maximum atomic E-state index is 6.26. The van der Waals surface area contributed by atoms with Crippen molar-refractivity contribution < 1.29 is 0 Å². The van der Waals surface area contributed by atoms with Crippen molar-refractivity contribution in [2.75, 3.05) is 31.1 Å². The highest BCUT2D eigenvalue weighted by Gasteiger charge is 2.20. The number of nitrogens with two attached hydrogens (primary N) is 1. The lowest BCUT2D eigenvalue weighted by Gasteiger charge is -2.35. The molecular formula is C20H23N7S. The molecule has 0 spiro atoms. The van der Waals surface area contributed by atoms with Crippen molar-refractivity contribution in [3.63, 3.8) is 0 Å². The van der Waals surface area contributed by atoms with Gasteiger partial charge in [0.05, 0.1) is 12.2 Å². The number of benzene rings is 1. The predicted molar refractivity (Wildman–Crippen MR) is 113 cm³/mol. The van der Waals surface area contributed by atoms with E-state index < -0.39 is 0 Å². The molecule has 28 heavy (non-hydrogen) atoms. The molecule has 2 N–H and O–H groups in total. The third kappa shape index (κ3) is 4.12. The topological polar surface area (TPSA) is 83.5 Å². The minimum Gasteiger partial charge on any atom is -0.370 e. The van der Waals surface area contributed by atoms with Crippen LogP contribution in [0.5, 0.6) is 0 Å². The Bertz CT molecular complexity index is 932. The van der Waals surface area contributed by atoms with Crippen LogP contribution in [-0.2, 0) is 6.54 Å². The van der Waals surface area contributed by atoms with Crippen LogP contribution in [0.1, 0.15) is 10.6 Å². The van der Waals surface area contributed by atoms with E-state index in [-0.39, 0.29) is 0 Å². The Kier molecular flexibility index (Phi) is 5.48. The van der Waals surface area contributed by atoms with Crippen LogP contribution in [-0.4, -0.2) is 52.0 Å². The molecule has 3 heterocycles. The number of rotatable bonds is 4. The summed E-state index contributed by atoms with van der Waals surface area (Å²) < 4.78 is 0. The number of hydrogen-bond donors (Lipinski definition) is 1. The zero-order valence-corrected chi connectivity index (χ0v) is 16.6. The Morgan fingerprint density at radius 3 is 2.50 bits per heavy atom. The van der Waals surface area contributed by atoms with Crippen molar-refractivity contribution in [2.45, 2.75) is 13.5 Å². The number of nitrogens with zero attached hydrogens (tertiary/aromatic N) is 6. The summed E-state index contributed by atoms with van der Waals surface area (Å²) in [5.41, 5.74) is 8.42. The molecular weight excluding hydrogens is 370 g/mol. The quantitative estimate of drug-likeness (QED) is 0.542. The molecule has 7 nitrogen and oxygen atoms in total. The summed E-state index contributed by atoms with van der Waals surface area (Å²) >= 11 is 1.68. The third-order valence-corrected chi connectivity index (χ3v) is 5.93. The van der Waals surface area contributed by atoms with Gasteiger partial charge in [-0.3, -0.25) is 0 Å². The van der Waals surface area contributed by atoms with Gasteiger partial charge in [-0.1, -0.05) is 30.3 Å². The van der Waals surface area contributed by atoms with Crippen LogP contribution < -0.4 is 10.6 Å². The smallest absolute Gasteiger partial charge is 0.225 e. The van der Waals surface area contributed by atoms with Gasteiger partial charge < -0.3 is 15.5 Å². The summed E-state index contributed by atoms with van der Waals surface area (Å²) in [6.07, 6.45) is 3.54. The minimum atomic E-state index is 0.560. The molecule has 1 aliphatic heterocycles. The number of aromatic nitrogens is 3. The number of guanidine groups is 1. The predicted octanol–water partition coefficient (Wildman–Crippen LogP) is 2.55. The second-order valence-electron chi connectivity index (χ2n) is 6.59. The van der Waals surface area contributed by atoms with Crippen LogP contribution in [0.2, 0.25) is 0 Å². The van der Waals surface area contributed by atoms with Gasteiger partial charge in [0.1, 0.15) is 5.01 Å². The van der Waals surface area contributed by atoms with Crippen LogP contribution in [0, 0.1) is 6.92 Å². The Balaban J connectivity index is 1.37. The molecule has 0 amide bonds. The largest absolute Gasteiger partial charge is 0.370 e. The van der Waals surface area contributed by atoms with E-state index in [4.69, 9.17) is 5.73 Å². The normalized spacial score (nSPS) is 15.1. The van der Waals surface area contributed by atoms with Gasteiger partial charge in [-0.25, -0.2) is 19.9 Å². The third-order valence-electron chi connectivity index (χ3n) is 4.74. The summed E-state index contributed by atoms with van der Waals surface area (Å²) in [6, 6.07) is 12.1. The zero-order valence-electron chi connectivity index (χ0n) is 15.8. The van der Waals surface area contributed by atoms with Gasteiger partial charge in [0, 0.05) is 49.0 Å². The highest BCUT2D eigenvalue weighted by molar-refractivity contribution is 7.15. The van der Waals surface area contributed by atoms with Gasteiger partial charge in [-0.15, -0.1) is 11.3 Å². The van der Waals surface area contributed by atoms with E-state index in [1.165, 1.54) is 0 Å². The Morgan fingerprint density at radius 2 is 1.79 bits per heavy atom. The molecule has 4 rings (SSSR count). The lowest BCUT2D eigenvalue weighted by molar-refractivity contribution is 0.378. The number of aliphatic imine (C=N–C) groups is 1.